The average molecular weight is 224 g/mol. The molecule has 0 saturated carbocycles. The van der Waals surface area contributed by atoms with Crippen LogP contribution in [0.3, 0.4) is 0 Å². The van der Waals surface area contributed by atoms with Crippen LogP contribution in [0.4, 0.5) is 8.78 Å². The molecule has 0 spiro atoms. The zero-order valence-corrected chi connectivity index (χ0v) is 9.84. The Hall–Kier alpha value is -1.18. The largest absolute Gasteiger partial charge is 0.263 e. The second-order valence-electron chi connectivity index (χ2n) is 3.96. The molecule has 0 nitrogen and oxygen atoms in total. The molecule has 1 rings (SSSR count). The molecular formula is C14H18F2. The minimum Gasteiger partial charge on any atom is -0.205 e. The Morgan fingerprint density at radius 1 is 1.38 bits per heavy atom. The topological polar surface area (TPSA) is 0 Å². The molecule has 88 valence electrons. The molecule has 0 aliphatic rings. The second kappa shape index (κ2) is 6.41. The molecule has 0 radical (unpaired) electrons. The van der Waals surface area contributed by atoms with Crippen LogP contribution in [0, 0.1) is 0 Å². The van der Waals surface area contributed by atoms with Crippen LogP contribution in [0.5, 0.6) is 0 Å². The maximum absolute atomic E-state index is 12.5. The van der Waals surface area contributed by atoms with Gasteiger partial charge in [0.25, 0.3) is 6.43 Å². The lowest BCUT2D eigenvalue weighted by atomic mass is 10.0. The Labute approximate surface area is 96.0 Å². The molecule has 0 aliphatic carbocycles. The van der Waals surface area contributed by atoms with E-state index >= 15 is 0 Å². The molecule has 0 heterocycles. The molecule has 0 aromatic heterocycles. The summed E-state index contributed by atoms with van der Waals surface area (Å²) in [5.74, 6) is 0. The number of hydrogen-bond acceptors (Lipinski definition) is 0. The Balaban J connectivity index is 2.79. The van der Waals surface area contributed by atoms with Gasteiger partial charge in [-0.2, -0.15) is 0 Å². The van der Waals surface area contributed by atoms with E-state index in [1.807, 2.05) is 13.0 Å². The summed E-state index contributed by atoms with van der Waals surface area (Å²) in [7, 11) is 0. The van der Waals surface area contributed by atoms with Crippen LogP contribution in [0.1, 0.15) is 50.7 Å². The van der Waals surface area contributed by atoms with Gasteiger partial charge in [0.2, 0.25) is 0 Å². The third-order valence-corrected chi connectivity index (χ3v) is 2.60. The molecule has 0 fully saturated rings. The minimum atomic E-state index is -2.39. The monoisotopic (exact) mass is 224 g/mol. The summed E-state index contributed by atoms with van der Waals surface area (Å²) in [4.78, 5) is 0. The highest BCUT2D eigenvalue weighted by molar-refractivity contribution is 5.64. The predicted molar refractivity (Wildman–Crippen MR) is 64.6 cm³/mol. The van der Waals surface area contributed by atoms with Crippen molar-refractivity contribution in [2.24, 2.45) is 0 Å². The number of unbranched alkanes of at least 4 members (excludes halogenated alkanes) is 2. The van der Waals surface area contributed by atoms with Crippen molar-refractivity contribution in [1.29, 1.82) is 0 Å². The van der Waals surface area contributed by atoms with Crippen LogP contribution >= 0.6 is 0 Å². The number of rotatable bonds is 5. The van der Waals surface area contributed by atoms with Crippen molar-refractivity contribution >= 4 is 5.57 Å². The van der Waals surface area contributed by atoms with Gasteiger partial charge in [-0.3, -0.25) is 0 Å². The first-order chi connectivity index (χ1) is 7.65. The number of hydrogen-bond donors (Lipinski definition) is 0. The number of halogens is 2. The standard InChI is InChI=1S/C14H18F2/c1-3-4-5-7-11(2)12-8-6-9-13(10-12)14(15)16/h6-10,14H,3-5H2,1-2H3/b11-7+. The lowest BCUT2D eigenvalue weighted by molar-refractivity contribution is 0.151. The van der Waals surface area contributed by atoms with Crippen LogP contribution in [-0.4, -0.2) is 0 Å². The highest BCUT2D eigenvalue weighted by atomic mass is 19.3. The van der Waals surface area contributed by atoms with Crippen LogP contribution in [0.2, 0.25) is 0 Å². The Kier molecular flexibility index (Phi) is 5.17. The van der Waals surface area contributed by atoms with Crippen LogP contribution in [0.15, 0.2) is 30.3 Å². The Morgan fingerprint density at radius 3 is 2.75 bits per heavy atom. The van der Waals surface area contributed by atoms with Gasteiger partial charge < -0.3 is 0 Å². The molecule has 1 aromatic carbocycles. The lowest BCUT2D eigenvalue weighted by Gasteiger charge is -2.05. The van der Waals surface area contributed by atoms with Crippen molar-refractivity contribution in [3.05, 3.63) is 41.5 Å². The van der Waals surface area contributed by atoms with Crippen molar-refractivity contribution in [3.63, 3.8) is 0 Å². The first-order valence-electron chi connectivity index (χ1n) is 5.70. The SMILES string of the molecule is CCCC/C=C(\C)c1cccc(C(F)F)c1. The number of allylic oxidation sites excluding steroid dienone is 2. The molecule has 0 atom stereocenters. The third-order valence-electron chi connectivity index (χ3n) is 2.60. The first kappa shape index (κ1) is 12.9. The average Bonchev–Trinajstić information content (AvgIpc) is 2.29. The zero-order valence-electron chi connectivity index (χ0n) is 9.84. The van der Waals surface area contributed by atoms with Crippen LogP contribution < -0.4 is 0 Å². The molecule has 0 N–H and O–H groups in total. The van der Waals surface area contributed by atoms with Gasteiger partial charge >= 0.3 is 0 Å². The molecule has 0 saturated heterocycles. The highest BCUT2D eigenvalue weighted by Crippen LogP contribution is 2.23. The molecule has 16 heavy (non-hydrogen) atoms. The van der Waals surface area contributed by atoms with Gasteiger partial charge in [0, 0.05) is 5.56 Å². The van der Waals surface area contributed by atoms with Crippen molar-refractivity contribution in [3.8, 4) is 0 Å². The maximum atomic E-state index is 12.5. The van der Waals surface area contributed by atoms with Gasteiger partial charge in [0.05, 0.1) is 0 Å². The van der Waals surface area contributed by atoms with E-state index < -0.39 is 6.43 Å². The van der Waals surface area contributed by atoms with Gasteiger partial charge in [-0.1, -0.05) is 44.0 Å². The number of benzene rings is 1. The van der Waals surface area contributed by atoms with Crippen LogP contribution in [-0.2, 0) is 0 Å². The van der Waals surface area contributed by atoms with Crippen molar-refractivity contribution < 1.29 is 8.78 Å². The molecule has 0 amide bonds. The van der Waals surface area contributed by atoms with E-state index in [0.29, 0.717) is 0 Å². The lowest BCUT2D eigenvalue weighted by Crippen LogP contribution is -1.87. The van der Waals surface area contributed by atoms with Gasteiger partial charge in [0.15, 0.2) is 0 Å². The fraction of sp³-hybridized carbons (Fsp3) is 0.429. The number of alkyl halides is 2. The van der Waals surface area contributed by atoms with Gasteiger partial charge in [-0.25, -0.2) is 8.78 Å². The summed E-state index contributed by atoms with van der Waals surface area (Å²) in [6, 6.07) is 6.60. The predicted octanol–water partition coefficient (Wildman–Crippen LogP) is 5.22. The molecule has 2 heteroatoms. The summed E-state index contributed by atoms with van der Waals surface area (Å²) < 4.78 is 25.0. The van der Waals surface area contributed by atoms with Gasteiger partial charge in [-0.05, 0) is 30.5 Å². The maximum Gasteiger partial charge on any atom is 0.263 e. The van der Waals surface area contributed by atoms with Crippen molar-refractivity contribution in [2.45, 2.75) is 39.5 Å². The fourth-order valence-corrected chi connectivity index (χ4v) is 1.56. The van der Waals surface area contributed by atoms with E-state index in [-0.39, 0.29) is 5.56 Å². The van der Waals surface area contributed by atoms with Gasteiger partial charge in [0.1, 0.15) is 0 Å². The second-order valence-corrected chi connectivity index (χ2v) is 3.96. The summed E-state index contributed by atoms with van der Waals surface area (Å²) >= 11 is 0. The zero-order chi connectivity index (χ0) is 12.0. The Bertz CT molecular complexity index is 354. The molecule has 0 aliphatic heterocycles. The minimum absolute atomic E-state index is 0.0979. The molecule has 0 bridgehead atoms. The van der Waals surface area contributed by atoms with E-state index in [0.717, 1.165) is 30.4 Å². The summed E-state index contributed by atoms with van der Waals surface area (Å²) in [6.07, 6.45) is 3.05. The van der Waals surface area contributed by atoms with Gasteiger partial charge in [-0.15, -0.1) is 0 Å². The van der Waals surface area contributed by atoms with E-state index in [4.69, 9.17) is 0 Å². The summed E-state index contributed by atoms with van der Waals surface area (Å²) in [6.45, 7) is 4.11. The molecular weight excluding hydrogens is 206 g/mol. The summed E-state index contributed by atoms with van der Waals surface area (Å²) in [5.41, 5.74) is 2.07. The first-order valence-corrected chi connectivity index (χ1v) is 5.70. The van der Waals surface area contributed by atoms with Crippen molar-refractivity contribution in [1.82, 2.24) is 0 Å². The normalized spacial score (nSPS) is 12.2. The molecule has 0 unspecified atom stereocenters. The van der Waals surface area contributed by atoms with E-state index in [9.17, 15) is 8.78 Å². The van der Waals surface area contributed by atoms with E-state index in [1.54, 1.807) is 12.1 Å². The molecule has 1 aromatic rings. The summed E-state index contributed by atoms with van der Waals surface area (Å²) in [5, 5.41) is 0. The smallest absolute Gasteiger partial charge is 0.205 e. The highest BCUT2D eigenvalue weighted by Gasteiger charge is 2.07. The van der Waals surface area contributed by atoms with E-state index in [1.165, 1.54) is 6.07 Å². The van der Waals surface area contributed by atoms with Crippen LogP contribution in [0.25, 0.3) is 5.57 Å². The quantitative estimate of drug-likeness (QED) is 0.602. The van der Waals surface area contributed by atoms with E-state index in [2.05, 4.69) is 13.0 Å². The Morgan fingerprint density at radius 2 is 2.12 bits per heavy atom. The van der Waals surface area contributed by atoms with Crippen molar-refractivity contribution in [2.75, 3.05) is 0 Å². The fourth-order valence-electron chi connectivity index (χ4n) is 1.56. The third kappa shape index (κ3) is 3.76.